The maximum absolute atomic E-state index is 14.1. The van der Waals surface area contributed by atoms with E-state index in [1.165, 1.54) is 17.7 Å². The van der Waals surface area contributed by atoms with E-state index in [4.69, 9.17) is 0 Å². The Hall–Kier alpha value is -3.43. The van der Waals surface area contributed by atoms with Crippen LogP contribution < -0.4 is 5.32 Å². The van der Waals surface area contributed by atoms with Gasteiger partial charge in [0.15, 0.2) is 0 Å². The first kappa shape index (κ1) is 28.1. The molecule has 2 aliphatic rings. The van der Waals surface area contributed by atoms with Crippen LogP contribution >= 0.6 is 0 Å². The van der Waals surface area contributed by atoms with Gasteiger partial charge < -0.3 is 15.5 Å². The van der Waals surface area contributed by atoms with Gasteiger partial charge in [-0.1, -0.05) is 18.9 Å². The number of nitrogens with zero attached hydrogens (tertiary/aromatic N) is 3. The highest BCUT2D eigenvalue weighted by Crippen LogP contribution is 2.59. The van der Waals surface area contributed by atoms with Crippen molar-refractivity contribution in [1.29, 1.82) is 0 Å². The lowest BCUT2D eigenvalue weighted by atomic mass is 9.62. The molecule has 1 unspecified atom stereocenters. The molecule has 2 aromatic heterocycles. The Morgan fingerprint density at radius 2 is 1.90 bits per heavy atom. The SMILES string of the molecule is CCCC12Cc3cnn(-c4ccc(F)cc4)c3C=C1CC[C@@]2(O)CCc1ncc(F)cc1C(=O)NC(C)(C)CO. The number of carbonyl (C=O) groups excluding carboxylic acids is 1. The number of pyridine rings is 1. The standard InChI is InChI=1S/C31H36F2N4O3/c1-4-11-30-16-20-17-35-37(24-7-5-22(32)6-8-24)27(20)14-21(30)9-12-31(30,40)13-10-26-25(15-23(33)18-34-26)28(39)36-29(2,3)19-38/h5-8,14-15,17-18,38,40H,4,9-13,16,19H2,1-3H3,(H,36,39)/t30?,31-/m1/s1. The Balaban J connectivity index is 1.44. The lowest BCUT2D eigenvalue weighted by Crippen LogP contribution is -2.48. The van der Waals surface area contributed by atoms with E-state index in [0.29, 0.717) is 31.4 Å². The predicted molar refractivity (Wildman–Crippen MR) is 148 cm³/mol. The summed E-state index contributed by atoms with van der Waals surface area (Å²) >= 11 is 0. The van der Waals surface area contributed by atoms with Crippen molar-refractivity contribution in [2.75, 3.05) is 6.61 Å². The number of halogens is 2. The van der Waals surface area contributed by atoms with E-state index in [-0.39, 0.29) is 18.0 Å². The molecule has 212 valence electrons. The fourth-order valence-electron chi connectivity index (χ4n) is 6.44. The zero-order chi connectivity index (χ0) is 28.7. The van der Waals surface area contributed by atoms with E-state index < -0.39 is 28.3 Å². The van der Waals surface area contributed by atoms with Crippen LogP contribution in [0.4, 0.5) is 8.78 Å². The van der Waals surface area contributed by atoms with E-state index in [2.05, 4.69) is 28.4 Å². The van der Waals surface area contributed by atoms with Crippen molar-refractivity contribution in [2.24, 2.45) is 5.41 Å². The number of aliphatic hydroxyl groups is 2. The van der Waals surface area contributed by atoms with Gasteiger partial charge in [-0.2, -0.15) is 5.10 Å². The molecule has 2 atom stereocenters. The molecule has 9 heteroatoms. The molecule has 0 saturated heterocycles. The number of nitrogens with one attached hydrogen (secondary N) is 1. The summed E-state index contributed by atoms with van der Waals surface area (Å²) in [6.45, 7) is 5.19. The average Bonchev–Trinajstić information content (AvgIpc) is 3.45. The summed E-state index contributed by atoms with van der Waals surface area (Å²) in [7, 11) is 0. The maximum atomic E-state index is 14.1. The third-order valence-corrected chi connectivity index (χ3v) is 8.55. The highest BCUT2D eigenvalue weighted by Gasteiger charge is 2.57. The first-order valence-electron chi connectivity index (χ1n) is 13.8. The minimum absolute atomic E-state index is 0.106. The Kier molecular flexibility index (Phi) is 7.39. The summed E-state index contributed by atoms with van der Waals surface area (Å²) in [6, 6.07) is 7.39. The van der Waals surface area contributed by atoms with Crippen molar-refractivity contribution in [1.82, 2.24) is 20.1 Å². The van der Waals surface area contributed by atoms with E-state index in [1.54, 1.807) is 26.0 Å². The van der Waals surface area contributed by atoms with Crippen LogP contribution in [0.15, 0.2) is 48.3 Å². The van der Waals surface area contributed by atoms with Crippen molar-refractivity contribution in [3.8, 4) is 5.69 Å². The van der Waals surface area contributed by atoms with Crippen LogP contribution in [-0.2, 0) is 12.8 Å². The van der Waals surface area contributed by atoms with Crippen LogP contribution in [0.5, 0.6) is 0 Å². The fourth-order valence-corrected chi connectivity index (χ4v) is 6.44. The van der Waals surface area contributed by atoms with Crippen LogP contribution in [-0.4, -0.2) is 48.6 Å². The molecular weight excluding hydrogens is 514 g/mol. The number of benzene rings is 1. The molecule has 5 rings (SSSR count). The third-order valence-electron chi connectivity index (χ3n) is 8.55. The topological polar surface area (TPSA) is 100 Å². The Morgan fingerprint density at radius 3 is 2.60 bits per heavy atom. The number of hydrogen-bond donors (Lipinski definition) is 3. The molecule has 0 aliphatic heterocycles. The molecule has 0 bridgehead atoms. The summed E-state index contributed by atoms with van der Waals surface area (Å²) in [4.78, 5) is 17.2. The number of amides is 1. The van der Waals surface area contributed by atoms with E-state index in [9.17, 15) is 23.8 Å². The van der Waals surface area contributed by atoms with Crippen LogP contribution in [0.3, 0.4) is 0 Å². The Morgan fingerprint density at radius 1 is 1.15 bits per heavy atom. The molecule has 3 aromatic rings. The van der Waals surface area contributed by atoms with Crippen molar-refractivity contribution in [3.63, 3.8) is 0 Å². The van der Waals surface area contributed by atoms with E-state index in [1.807, 2.05) is 10.9 Å². The predicted octanol–water partition coefficient (Wildman–Crippen LogP) is 4.93. The zero-order valence-corrected chi connectivity index (χ0v) is 23.2. The molecule has 7 nitrogen and oxygen atoms in total. The van der Waals surface area contributed by atoms with Crippen LogP contribution in [0.2, 0.25) is 0 Å². The van der Waals surface area contributed by atoms with Crippen molar-refractivity contribution >= 4 is 12.0 Å². The molecule has 0 spiro atoms. The largest absolute Gasteiger partial charge is 0.394 e. The summed E-state index contributed by atoms with van der Waals surface area (Å²) in [6.07, 6.45) is 9.26. The van der Waals surface area contributed by atoms with Gasteiger partial charge in [-0.25, -0.2) is 13.5 Å². The average molecular weight is 551 g/mol. The van der Waals surface area contributed by atoms with Gasteiger partial charge in [0.25, 0.3) is 5.91 Å². The number of hydrogen-bond acceptors (Lipinski definition) is 5. The van der Waals surface area contributed by atoms with E-state index in [0.717, 1.165) is 48.5 Å². The quantitative estimate of drug-likeness (QED) is 0.351. The number of rotatable bonds is 9. The summed E-state index contributed by atoms with van der Waals surface area (Å²) in [5.41, 5.74) is 1.99. The fraction of sp³-hybridized carbons (Fsp3) is 0.452. The van der Waals surface area contributed by atoms with Gasteiger partial charge in [0.2, 0.25) is 0 Å². The molecular formula is C31H36F2N4O3. The van der Waals surface area contributed by atoms with Crippen LogP contribution in [0.1, 0.15) is 80.2 Å². The number of aryl methyl sites for hydroxylation is 1. The van der Waals surface area contributed by atoms with Gasteiger partial charge in [0.1, 0.15) is 11.6 Å². The summed E-state index contributed by atoms with van der Waals surface area (Å²) in [5.74, 6) is -1.45. The maximum Gasteiger partial charge on any atom is 0.253 e. The lowest BCUT2D eigenvalue weighted by molar-refractivity contribution is -0.0595. The second-order valence-electron chi connectivity index (χ2n) is 11.8. The number of carbonyl (C=O) groups is 1. The minimum atomic E-state index is -1.06. The van der Waals surface area contributed by atoms with Gasteiger partial charge in [-0.15, -0.1) is 0 Å². The number of fused-ring (bicyclic) bond motifs is 2. The van der Waals surface area contributed by atoms with Gasteiger partial charge in [-0.05, 0) is 94.3 Å². The van der Waals surface area contributed by atoms with Crippen molar-refractivity contribution in [2.45, 2.75) is 76.9 Å². The molecule has 1 amide bonds. The van der Waals surface area contributed by atoms with Gasteiger partial charge in [-0.3, -0.25) is 9.78 Å². The lowest BCUT2D eigenvalue weighted by Gasteiger charge is -2.45. The molecule has 2 aliphatic carbocycles. The first-order valence-corrected chi connectivity index (χ1v) is 13.8. The highest BCUT2D eigenvalue weighted by molar-refractivity contribution is 5.95. The Bertz CT molecular complexity index is 1450. The van der Waals surface area contributed by atoms with E-state index >= 15 is 0 Å². The first-order chi connectivity index (χ1) is 19.0. The van der Waals surface area contributed by atoms with Crippen LogP contribution in [0.25, 0.3) is 11.8 Å². The summed E-state index contributed by atoms with van der Waals surface area (Å²) < 4.78 is 29.5. The molecule has 2 heterocycles. The second-order valence-corrected chi connectivity index (χ2v) is 11.8. The van der Waals surface area contributed by atoms with Crippen LogP contribution in [0, 0.1) is 17.0 Å². The van der Waals surface area contributed by atoms with Crippen molar-refractivity contribution in [3.05, 3.63) is 82.4 Å². The molecule has 1 aromatic carbocycles. The Labute approximate surface area is 233 Å². The smallest absolute Gasteiger partial charge is 0.253 e. The second kappa shape index (κ2) is 10.5. The molecule has 1 saturated carbocycles. The van der Waals surface area contributed by atoms with Gasteiger partial charge >= 0.3 is 0 Å². The summed E-state index contributed by atoms with van der Waals surface area (Å²) in [5, 5.41) is 29.2. The van der Waals surface area contributed by atoms with Gasteiger partial charge in [0, 0.05) is 5.41 Å². The third kappa shape index (κ3) is 4.97. The normalized spacial score (nSPS) is 22.0. The highest BCUT2D eigenvalue weighted by atomic mass is 19.1. The molecule has 40 heavy (non-hydrogen) atoms. The number of aromatic nitrogens is 3. The minimum Gasteiger partial charge on any atom is -0.394 e. The molecule has 1 fully saturated rings. The number of aliphatic hydroxyl groups excluding tert-OH is 1. The molecule has 0 radical (unpaired) electrons. The monoisotopic (exact) mass is 550 g/mol. The molecule has 3 N–H and O–H groups in total. The van der Waals surface area contributed by atoms with Gasteiger partial charge in [0.05, 0.1) is 52.8 Å². The zero-order valence-electron chi connectivity index (χ0n) is 23.2. The van der Waals surface area contributed by atoms with Crippen molar-refractivity contribution < 1.29 is 23.8 Å².